The fraction of sp³-hybridized carbons (Fsp3) is 0.0476. The van der Waals surface area contributed by atoms with Gasteiger partial charge in [-0.05, 0) is 36.4 Å². The van der Waals surface area contributed by atoms with Crippen LogP contribution in [0.25, 0.3) is 5.65 Å². The molecule has 2 aromatic heterocycles. The van der Waals surface area contributed by atoms with Gasteiger partial charge in [0, 0.05) is 28.7 Å². The lowest BCUT2D eigenvalue weighted by molar-refractivity contribution is 0.102. The zero-order valence-corrected chi connectivity index (χ0v) is 14.8. The van der Waals surface area contributed by atoms with Gasteiger partial charge in [-0.2, -0.15) is 0 Å². The first-order valence-electron chi connectivity index (χ1n) is 8.30. The quantitative estimate of drug-likeness (QED) is 0.517. The van der Waals surface area contributed by atoms with Crippen molar-refractivity contribution in [2.45, 2.75) is 10.6 Å². The number of anilines is 1. The maximum atomic E-state index is 12.6. The molecule has 0 atom stereocenters. The second kappa shape index (κ2) is 7.45. The second-order valence-corrected chi connectivity index (χ2v) is 6.82. The van der Waals surface area contributed by atoms with E-state index in [-0.39, 0.29) is 5.91 Å². The Morgan fingerprint density at radius 3 is 2.58 bits per heavy atom. The number of fused-ring (bicyclic) bond motifs is 1. The van der Waals surface area contributed by atoms with Crippen molar-refractivity contribution < 1.29 is 4.79 Å². The minimum Gasteiger partial charge on any atom is -0.322 e. The molecule has 0 spiro atoms. The Hall–Kier alpha value is -3.05. The van der Waals surface area contributed by atoms with Gasteiger partial charge in [-0.25, -0.2) is 4.98 Å². The normalized spacial score (nSPS) is 10.8. The van der Waals surface area contributed by atoms with Crippen molar-refractivity contribution in [3.05, 3.63) is 96.4 Å². The summed E-state index contributed by atoms with van der Waals surface area (Å²) >= 11 is 1.62. The van der Waals surface area contributed by atoms with Gasteiger partial charge in [-0.15, -0.1) is 11.8 Å². The molecule has 0 aliphatic rings. The van der Waals surface area contributed by atoms with Crippen LogP contribution >= 0.6 is 11.8 Å². The third kappa shape index (κ3) is 3.63. The van der Waals surface area contributed by atoms with Gasteiger partial charge in [0.15, 0.2) is 0 Å². The Balaban J connectivity index is 1.51. The molecule has 0 radical (unpaired) electrons. The van der Waals surface area contributed by atoms with Crippen molar-refractivity contribution in [1.82, 2.24) is 9.38 Å². The Morgan fingerprint density at radius 1 is 0.962 bits per heavy atom. The van der Waals surface area contributed by atoms with Gasteiger partial charge < -0.3 is 9.72 Å². The highest BCUT2D eigenvalue weighted by atomic mass is 32.2. The summed E-state index contributed by atoms with van der Waals surface area (Å²) in [6.45, 7) is 0. The van der Waals surface area contributed by atoms with Gasteiger partial charge in [0.2, 0.25) is 0 Å². The molecule has 0 aliphatic carbocycles. The summed E-state index contributed by atoms with van der Waals surface area (Å²) in [5, 5.41) is 2.95. The molecule has 4 rings (SSSR count). The summed E-state index contributed by atoms with van der Waals surface area (Å²) < 4.78 is 2.00. The predicted molar refractivity (Wildman–Crippen MR) is 106 cm³/mol. The van der Waals surface area contributed by atoms with Crippen molar-refractivity contribution in [3.8, 4) is 0 Å². The average molecular weight is 359 g/mol. The lowest BCUT2D eigenvalue weighted by Crippen LogP contribution is -2.12. The van der Waals surface area contributed by atoms with E-state index < -0.39 is 0 Å². The summed E-state index contributed by atoms with van der Waals surface area (Å²) in [6.07, 6.45) is 4.01. The highest BCUT2D eigenvalue weighted by Crippen LogP contribution is 2.27. The molecule has 0 saturated carbocycles. The Kier molecular flexibility index (Phi) is 4.71. The van der Waals surface area contributed by atoms with Crippen molar-refractivity contribution in [2.24, 2.45) is 0 Å². The number of imidazole rings is 1. The second-order valence-electron chi connectivity index (χ2n) is 5.80. The molecule has 128 valence electrons. The fourth-order valence-electron chi connectivity index (χ4n) is 2.71. The van der Waals surface area contributed by atoms with Crippen LogP contribution < -0.4 is 5.32 Å². The van der Waals surface area contributed by atoms with E-state index in [4.69, 9.17) is 0 Å². The molecule has 2 aromatic carbocycles. The number of benzene rings is 2. The smallest absolute Gasteiger partial charge is 0.256 e. The Labute approximate surface area is 155 Å². The first-order chi connectivity index (χ1) is 12.8. The van der Waals surface area contributed by atoms with Crippen LogP contribution in [0.15, 0.2) is 90.1 Å². The fourth-order valence-corrected chi connectivity index (χ4v) is 3.64. The van der Waals surface area contributed by atoms with Gasteiger partial charge in [-0.1, -0.05) is 36.4 Å². The molecular formula is C21H17N3OS. The van der Waals surface area contributed by atoms with Crippen LogP contribution in [0, 0.1) is 0 Å². The van der Waals surface area contributed by atoms with Crippen LogP contribution in [0.3, 0.4) is 0 Å². The zero-order valence-electron chi connectivity index (χ0n) is 14.0. The van der Waals surface area contributed by atoms with Crippen LogP contribution in [0.1, 0.15) is 16.1 Å². The maximum absolute atomic E-state index is 12.6. The highest BCUT2D eigenvalue weighted by molar-refractivity contribution is 7.98. The molecule has 2 heterocycles. The Morgan fingerprint density at radius 2 is 1.73 bits per heavy atom. The van der Waals surface area contributed by atoms with E-state index in [2.05, 4.69) is 10.3 Å². The number of pyridine rings is 1. The molecule has 0 fully saturated rings. The Bertz CT molecular complexity index is 1010. The molecule has 0 aliphatic heterocycles. The minimum absolute atomic E-state index is 0.102. The largest absolute Gasteiger partial charge is 0.322 e. The topological polar surface area (TPSA) is 46.4 Å². The maximum Gasteiger partial charge on any atom is 0.256 e. The summed E-state index contributed by atoms with van der Waals surface area (Å²) in [5.41, 5.74) is 3.38. The number of hydrogen-bond donors (Lipinski definition) is 1. The van der Waals surface area contributed by atoms with Crippen LogP contribution in [0.2, 0.25) is 0 Å². The highest BCUT2D eigenvalue weighted by Gasteiger charge is 2.12. The number of rotatable bonds is 5. The van der Waals surface area contributed by atoms with Gasteiger partial charge in [-0.3, -0.25) is 4.79 Å². The van der Waals surface area contributed by atoms with Crippen LogP contribution in [0.5, 0.6) is 0 Å². The van der Waals surface area contributed by atoms with E-state index in [0.29, 0.717) is 11.3 Å². The number of carbonyl (C=O) groups is 1. The summed E-state index contributed by atoms with van der Waals surface area (Å²) in [6, 6.07) is 23.1. The molecular weight excluding hydrogens is 342 g/mol. The van der Waals surface area contributed by atoms with E-state index in [9.17, 15) is 4.79 Å². The van der Waals surface area contributed by atoms with Crippen molar-refractivity contribution in [2.75, 3.05) is 5.32 Å². The molecule has 0 bridgehead atoms. The van der Waals surface area contributed by atoms with Crippen LogP contribution in [-0.2, 0) is 5.75 Å². The molecule has 4 nitrogen and oxygen atoms in total. The van der Waals surface area contributed by atoms with Gasteiger partial charge in [0.1, 0.15) is 5.65 Å². The third-order valence-electron chi connectivity index (χ3n) is 3.95. The minimum atomic E-state index is -0.102. The van der Waals surface area contributed by atoms with Gasteiger partial charge in [0.25, 0.3) is 5.91 Å². The lowest BCUT2D eigenvalue weighted by atomic mass is 10.2. The SMILES string of the molecule is O=C(Nc1ccccc1)c1ccccc1SCc1cn2ccccc2n1. The van der Waals surface area contributed by atoms with E-state index in [1.165, 1.54) is 0 Å². The third-order valence-corrected chi connectivity index (χ3v) is 5.06. The average Bonchev–Trinajstić information content (AvgIpc) is 3.10. The van der Waals surface area contributed by atoms with E-state index in [1.54, 1.807) is 11.8 Å². The lowest BCUT2D eigenvalue weighted by Gasteiger charge is -2.09. The van der Waals surface area contributed by atoms with Crippen LogP contribution in [0.4, 0.5) is 5.69 Å². The number of thioether (sulfide) groups is 1. The molecule has 1 amide bonds. The number of nitrogens with zero attached hydrogens (tertiary/aromatic N) is 2. The first kappa shape index (κ1) is 16.4. The first-order valence-corrected chi connectivity index (χ1v) is 9.29. The van der Waals surface area contributed by atoms with Crippen molar-refractivity contribution >= 4 is 29.0 Å². The number of para-hydroxylation sites is 1. The standard InChI is InChI=1S/C21H17N3OS/c25-21(23-16-8-2-1-3-9-16)18-10-4-5-11-19(18)26-15-17-14-24-13-7-6-12-20(24)22-17/h1-14H,15H2,(H,23,25). The number of aromatic nitrogens is 2. The molecule has 0 unspecified atom stereocenters. The molecule has 4 aromatic rings. The monoisotopic (exact) mass is 359 g/mol. The van der Waals surface area contributed by atoms with Crippen molar-refractivity contribution in [3.63, 3.8) is 0 Å². The summed E-state index contributed by atoms with van der Waals surface area (Å²) in [5.74, 6) is 0.603. The molecule has 1 N–H and O–H groups in total. The summed E-state index contributed by atoms with van der Waals surface area (Å²) in [4.78, 5) is 18.2. The molecule has 5 heteroatoms. The predicted octanol–water partition coefficient (Wildman–Crippen LogP) is 4.88. The number of carbonyl (C=O) groups excluding carboxylic acids is 1. The van der Waals surface area contributed by atoms with Crippen molar-refractivity contribution in [1.29, 1.82) is 0 Å². The molecule has 26 heavy (non-hydrogen) atoms. The number of nitrogens with one attached hydrogen (secondary N) is 1. The van der Waals surface area contributed by atoms with Gasteiger partial charge >= 0.3 is 0 Å². The zero-order chi connectivity index (χ0) is 17.8. The van der Waals surface area contributed by atoms with E-state index in [0.717, 1.165) is 21.9 Å². The number of hydrogen-bond acceptors (Lipinski definition) is 3. The van der Waals surface area contributed by atoms with Gasteiger partial charge in [0.05, 0.1) is 11.3 Å². The summed E-state index contributed by atoms with van der Waals surface area (Å²) in [7, 11) is 0. The molecule has 0 saturated heterocycles. The van der Waals surface area contributed by atoms with Crippen LogP contribution in [-0.4, -0.2) is 15.3 Å². The number of amides is 1. The van der Waals surface area contributed by atoms with E-state index in [1.807, 2.05) is 89.6 Å². The van der Waals surface area contributed by atoms with E-state index >= 15 is 0 Å².